The lowest BCUT2D eigenvalue weighted by atomic mass is 10.1. The molecule has 2 nitrogen and oxygen atoms in total. The quantitative estimate of drug-likeness (QED) is 0.750. The van der Waals surface area contributed by atoms with Gasteiger partial charge in [0, 0.05) is 28.0 Å². The number of rotatable bonds is 2. The fourth-order valence-corrected chi connectivity index (χ4v) is 2.19. The van der Waals surface area contributed by atoms with Crippen molar-refractivity contribution in [3.63, 3.8) is 0 Å². The summed E-state index contributed by atoms with van der Waals surface area (Å²) in [7, 11) is 0. The Morgan fingerprint density at radius 2 is 2.16 bits per heavy atom. The summed E-state index contributed by atoms with van der Waals surface area (Å²) >= 11 is 9.31. The third-order valence-corrected chi connectivity index (χ3v) is 3.33. The summed E-state index contributed by atoms with van der Waals surface area (Å²) in [5, 5.41) is 9.27. The van der Waals surface area contributed by atoms with Crippen LogP contribution in [0, 0.1) is 17.1 Å². The van der Waals surface area contributed by atoms with Crippen LogP contribution < -0.4 is 0 Å². The van der Waals surface area contributed by atoms with E-state index in [2.05, 4.69) is 20.9 Å². The van der Waals surface area contributed by atoms with Gasteiger partial charge in [-0.1, -0.05) is 33.6 Å². The van der Waals surface area contributed by atoms with Gasteiger partial charge in [-0.15, -0.1) is 0 Å². The van der Waals surface area contributed by atoms with Gasteiger partial charge in [-0.3, -0.25) is 4.98 Å². The van der Waals surface area contributed by atoms with E-state index in [1.165, 1.54) is 18.3 Å². The smallest absolute Gasteiger partial charge is 0.133 e. The summed E-state index contributed by atoms with van der Waals surface area (Å²) in [6.07, 6.45) is 3.10. The third kappa shape index (κ3) is 3.01. The van der Waals surface area contributed by atoms with Gasteiger partial charge in [0.15, 0.2) is 0 Å². The molecule has 1 aromatic carbocycles. The van der Waals surface area contributed by atoms with Crippen molar-refractivity contribution in [1.29, 1.82) is 5.26 Å². The van der Waals surface area contributed by atoms with Crippen molar-refractivity contribution in [1.82, 2.24) is 4.98 Å². The molecule has 5 heteroatoms. The maximum absolute atomic E-state index is 13.8. The zero-order chi connectivity index (χ0) is 13.8. The van der Waals surface area contributed by atoms with E-state index in [4.69, 9.17) is 11.6 Å². The molecule has 0 spiro atoms. The minimum Gasteiger partial charge on any atom is -0.264 e. The summed E-state index contributed by atoms with van der Waals surface area (Å²) in [6.45, 7) is 0. The van der Waals surface area contributed by atoms with Crippen LogP contribution >= 0.6 is 27.5 Å². The lowest BCUT2D eigenvalue weighted by molar-refractivity contribution is 0.624. The fourth-order valence-electron chi connectivity index (χ4n) is 1.55. The monoisotopic (exact) mass is 336 g/mol. The molecule has 2 rings (SSSR count). The SMILES string of the molecule is N#C/C(=C(\Cl)c1ccc(Br)cc1F)c1cccnc1. The van der Waals surface area contributed by atoms with Crippen molar-refractivity contribution in [3.8, 4) is 6.07 Å². The summed E-state index contributed by atoms with van der Waals surface area (Å²) in [5.41, 5.74) is 0.929. The molecule has 0 radical (unpaired) electrons. The first-order valence-electron chi connectivity index (χ1n) is 5.29. The van der Waals surface area contributed by atoms with Crippen molar-refractivity contribution in [2.24, 2.45) is 0 Å². The maximum Gasteiger partial charge on any atom is 0.133 e. The van der Waals surface area contributed by atoms with Crippen LogP contribution in [0.2, 0.25) is 0 Å². The number of hydrogen-bond acceptors (Lipinski definition) is 2. The number of allylic oxidation sites excluding steroid dienone is 1. The van der Waals surface area contributed by atoms with Crippen LogP contribution in [0.15, 0.2) is 47.2 Å². The van der Waals surface area contributed by atoms with Crippen molar-refractivity contribution < 1.29 is 4.39 Å². The fraction of sp³-hybridized carbons (Fsp3) is 0. The predicted molar refractivity (Wildman–Crippen MR) is 76.6 cm³/mol. The van der Waals surface area contributed by atoms with E-state index in [9.17, 15) is 9.65 Å². The number of benzene rings is 1. The average Bonchev–Trinajstić information content (AvgIpc) is 2.40. The molecule has 0 aliphatic carbocycles. The topological polar surface area (TPSA) is 36.7 Å². The van der Waals surface area contributed by atoms with Crippen molar-refractivity contribution >= 4 is 38.1 Å². The van der Waals surface area contributed by atoms with Gasteiger partial charge in [-0.2, -0.15) is 5.26 Å². The third-order valence-electron chi connectivity index (χ3n) is 2.45. The Morgan fingerprint density at radius 3 is 2.74 bits per heavy atom. The van der Waals surface area contributed by atoms with E-state index >= 15 is 0 Å². The van der Waals surface area contributed by atoms with E-state index in [1.807, 2.05) is 6.07 Å². The van der Waals surface area contributed by atoms with Crippen molar-refractivity contribution in [2.75, 3.05) is 0 Å². The molecule has 94 valence electrons. The highest BCUT2D eigenvalue weighted by Crippen LogP contribution is 2.31. The zero-order valence-electron chi connectivity index (χ0n) is 9.57. The van der Waals surface area contributed by atoms with Crippen LogP contribution in [0.1, 0.15) is 11.1 Å². The predicted octanol–water partition coefficient (Wildman–Crippen LogP) is 4.61. The van der Waals surface area contributed by atoms with E-state index in [1.54, 1.807) is 24.4 Å². The number of nitriles is 1. The molecular weight excluding hydrogens is 331 g/mol. The average molecular weight is 338 g/mol. The Bertz CT molecular complexity index is 678. The van der Waals surface area contributed by atoms with Crippen LogP contribution in [-0.4, -0.2) is 4.98 Å². The normalized spacial score (nSPS) is 11.7. The lowest BCUT2D eigenvalue weighted by Crippen LogP contribution is -1.90. The Labute approximate surface area is 123 Å². The molecule has 0 bridgehead atoms. The van der Waals surface area contributed by atoms with Gasteiger partial charge in [0.05, 0.1) is 10.6 Å². The molecule has 19 heavy (non-hydrogen) atoms. The molecule has 0 aliphatic heterocycles. The first-order chi connectivity index (χ1) is 9.13. The summed E-state index contributed by atoms with van der Waals surface area (Å²) < 4.78 is 14.4. The highest BCUT2D eigenvalue weighted by atomic mass is 79.9. The molecule has 0 aliphatic rings. The molecule has 2 aromatic rings. The second-order valence-corrected chi connectivity index (χ2v) is 4.96. The highest BCUT2D eigenvalue weighted by molar-refractivity contribution is 9.10. The first-order valence-corrected chi connectivity index (χ1v) is 6.46. The minimum absolute atomic E-state index is 0.0699. The molecule has 1 aromatic heterocycles. The molecule has 0 atom stereocenters. The van der Waals surface area contributed by atoms with Gasteiger partial charge in [-0.05, 0) is 24.3 Å². The van der Waals surface area contributed by atoms with Gasteiger partial charge >= 0.3 is 0 Å². The number of hydrogen-bond donors (Lipinski definition) is 0. The number of nitrogens with zero attached hydrogens (tertiary/aromatic N) is 2. The maximum atomic E-state index is 13.8. The van der Waals surface area contributed by atoms with Gasteiger partial charge in [0.2, 0.25) is 0 Å². The number of pyridine rings is 1. The van der Waals surface area contributed by atoms with Crippen molar-refractivity contribution in [3.05, 3.63) is 64.1 Å². The first kappa shape index (κ1) is 13.7. The highest BCUT2D eigenvalue weighted by Gasteiger charge is 2.13. The van der Waals surface area contributed by atoms with Gasteiger partial charge in [0.25, 0.3) is 0 Å². The standard InChI is InChI=1S/C14H7BrClFN2/c15-10-3-4-11(13(17)6-10)14(16)12(7-18)9-2-1-5-19-8-9/h1-6,8H/b14-12+. The number of aromatic nitrogens is 1. The largest absolute Gasteiger partial charge is 0.264 e. The molecule has 0 amide bonds. The second kappa shape index (κ2) is 5.96. The van der Waals surface area contributed by atoms with Gasteiger partial charge in [-0.25, -0.2) is 4.39 Å². The van der Waals surface area contributed by atoms with Crippen LogP contribution in [0.5, 0.6) is 0 Å². The van der Waals surface area contributed by atoms with Crippen LogP contribution in [0.25, 0.3) is 10.6 Å². The van der Waals surface area contributed by atoms with Gasteiger partial charge < -0.3 is 0 Å². The molecule has 1 heterocycles. The molecule has 0 unspecified atom stereocenters. The van der Waals surface area contributed by atoms with E-state index in [0.29, 0.717) is 10.0 Å². The number of halogens is 3. The molecular formula is C14H7BrClFN2. The van der Waals surface area contributed by atoms with Crippen LogP contribution in [0.4, 0.5) is 4.39 Å². The van der Waals surface area contributed by atoms with E-state index in [0.717, 1.165) is 0 Å². The van der Waals surface area contributed by atoms with Crippen molar-refractivity contribution in [2.45, 2.75) is 0 Å². The second-order valence-electron chi connectivity index (χ2n) is 3.67. The summed E-state index contributed by atoms with van der Waals surface area (Å²) in [4.78, 5) is 3.92. The Hall–Kier alpha value is -1.70. The molecule has 0 N–H and O–H groups in total. The molecule has 0 saturated carbocycles. The Balaban J connectivity index is 2.59. The van der Waals surface area contributed by atoms with E-state index in [-0.39, 0.29) is 16.2 Å². The zero-order valence-corrected chi connectivity index (χ0v) is 11.9. The minimum atomic E-state index is -0.490. The summed E-state index contributed by atoms with van der Waals surface area (Å²) in [6, 6.07) is 9.87. The molecule has 0 saturated heterocycles. The Morgan fingerprint density at radius 1 is 1.37 bits per heavy atom. The van der Waals surface area contributed by atoms with Crippen LogP contribution in [-0.2, 0) is 0 Å². The lowest BCUT2D eigenvalue weighted by Gasteiger charge is -2.05. The molecule has 0 fully saturated rings. The van der Waals surface area contributed by atoms with Gasteiger partial charge in [0.1, 0.15) is 11.9 Å². The summed E-state index contributed by atoms with van der Waals surface area (Å²) in [5.74, 6) is -0.490. The van der Waals surface area contributed by atoms with E-state index < -0.39 is 5.82 Å². The van der Waals surface area contributed by atoms with Crippen LogP contribution in [0.3, 0.4) is 0 Å². The Kier molecular flexibility index (Phi) is 4.31.